The van der Waals surface area contributed by atoms with E-state index in [-0.39, 0.29) is 41.3 Å². The van der Waals surface area contributed by atoms with Crippen molar-refractivity contribution < 1.29 is 18.0 Å². The standard InChI is InChI=1S/C9H11F3N4OS/c10-9(11,12)18-4-3-15-8-5(13)1-2-6(16-8)7(14)17/h1-2H,3-4,13H2,(H2,14,17)(H,15,16). The van der Waals surface area contributed by atoms with Gasteiger partial charge in [-0.2, -0.15) is 13.2 Å². The summed E-state index contributed by atoms with van der Waals surface area (Å²) < 4.78 is 35.6. The Bertz CT molecular complexity index is 438. The number of alkyl halides is 3. The molecule has 9 heteroatoms. The third-order valence-corrected chi connectivity index (χ3v) is 2.57. The van der Waals surface area contributed by atoms with Gasteiger partial charge in [0.25, 0.3) is 5.91 Å². The predicted octanol–water partition coefficient (Wildman–Crippen LogP) is 1.43. The van der Waals surface area contributed by atoms with Gasteiger partial charge in [0.1, 0.15) is 11.5 Å². The molecule has 0 aliphatic carbocycles. The summed E-state index contributed by atoms with van der Waals surface area (Å²) in [4.78, 5) is 14.7. The third-order valence-electron chi connectivity index (χ3n) is 1.84. The first-order chi connectivity index (χ1) is 8.29. The Balaban J connectivity index is 2.56. The molecule has 1 heterocycles. The number of aromatic nitrogens is 1. The number of primary amides is 1. The summed E-state index contributed by atoms with van der Waals surface area (Å²) in [5.41, 5.74) is 6.53. The van der Waals surface area contributed by atoms with Crippen molar-refractivity contribution in [2.75, 3.05) is 23.3 Å². The van der Waals surface area contributed by atoms with E-state index in [1.165, 1.54) is 12.1 Å². The largest absolute Gasteiger partial charge is 0.441 e. The molecule has 1 aromatic rings. The number of halogens is 3. The first-order valence-electron chi connectivity index (χ1n) is 4.80. The van der Waals surface area contributed by atoms with Crippen molar-refractivity contribution in [1.82, 2.24) is 4.98 Å². The van der Waals surface area contributed by atoms with Crippen LogP contribution in [0.4, 0.5) is 24.7 Å². The molecule has 0 unspecified atom stereocenters. The molecule has 0 spiro atoms. The minimum absolute atomic E-state index is 0.00447. The average Bonchev–Trinajstić information content (AvgIpc) is 2.24. The third kappa shape index (κ3) is 4.70. The van der Waals surface area contributed by atoms with E-state index < -0.39 is 11.4 Å². The number of nitrogen functional groups attached to an aromatic ring is 1. The molecule has 1 aromatic heterocycles. The second-order valence-corrected chi connectivity index (χ2v) is 4.38. The van der Waals surface area contributed by atoms with Crippen LogP contribution in [0.5, 0.6) is 0 Å². The zero-order valence-corrected chi connectivity index (χ0v) is 9.94. The van der Waals surface area contributed by atoms with Crippen molar-refractivity contribution in [2.45, 2.75) is 5.51 Å². The minimum Gasteiger partial charge on any atom is -0.396 e. The number of amides is 1. The Hall–Kier alpha value is -1.64. The van der Waals surface area contributed by atoms with Gasteiger partial charge in [0.15, 0.2) is 0 Å². The lowest BCUT2D eigenvalue weighted by atomic mass is 10.3. The van der Waals surface area contributed by atoms with E-state index in [1.54, 1.807) is 0 Å². The molecule has 18 heavy (non-hydrogen) atoms. The normalized spacial score (nSPS) is 11.3. The number of nitrogens with two attached hydrogens (primary N) is 2. The van der Waals surface area contributed by atoms with Crippen LogP contribution in [0.25, 0.3) is 0 Å². The lowest BCUT2D eigenvalue weighted by Crippen LogP contribution is -2.16. The van der Waals surface area contributed by atoms with Gasteiger partial charge >= 0.3 is 5.51 Å². The van der Waals surface area contributed by atoms with E-state index in [4.69, 9.17) is 11.5 Å². The highest BCUT2D eigenvalue weighted by Gasteiger charge is 2.27. The molecule has 0 fully saturated rings. The number of thioether (sulfide) groups is 1. The number of anilines is 2. The number of pyridine rings is 1. The summed E-state index contributed by atoms with van der Waals surface area (Å²) in [5.74, 6) is -0.775. The van der Waals surface area contributed by atoms with Gasteiger partial charge in [-0.25, -0.2) is 4.98 Å². The van der Waals surface area contributed by atoms with Crippen LogP contribution >= 0.6 is 11.8 Å². The van der Waals surface area contributed by atoms with E-state index in [1.807, 2.05) is 0 Å². The van der Waals surface area contributed by atoms with E-state index in [9.17, 15) is 18.0 Å². The number of carbonyl (C=O) groups excluding carboxylic acids is 1. The fourth-order valence-electron chi connectivity index (χ4n) is 1.08. The number of carbonyl (C=O) groups is 1. The second kappa shape index (κ2) is 5.80. The zero-order chi connectivity index (χ0) is 13.8. The summed E-state index contributed by atoms with van der Waals surface area (Å²) in [6.45, 7) is 0.0175. The highest BCUT2D eigenvalue weighted by Crippen LogP contribution is 2.29. The van der Waals surface area contributed by atoms with Crippen molar-refractivity contribution in [3.63, 3.8) is 0 Å². The van der Waals surface area contributed by atoms with Gasteiger partial charge < -0.3 is 16.8 Å². The molecule has 0 radical (unpaired) electrons. The maximum Gasteiger partial charge on any atom is 0.441 e. The maximum atomic E-state index is 11.9. The Labute approximate surface area is 105 Å². The topological polar surface area (TPSA) is 94.0 Å². The SMILES string of the molecule is NC(=O)c1ccc(N)c(NCCSC(F)(F)F)n1. The lowest BCUT2D eigenvalue weighted by molar-refractivity contribution is -0.0327. The molecule has 0 saturated heterocycles. The van der Waals surface area contributed by atoms with E-state index >= 15 is 0 Å². The molecule has 5 N–H and O–H groups in total. The molecular formula is C9H11F3N4OS. The summed E-state index contributed by atoms with van der Waals surface area (Å²) in [7, 11) is 0. The first kappa shape index (κ1) is 14.4. The molecule has 100 valence electrons. The smallest absolute Gasteiger partial charge is 0.396 e. The number of nitrogens with one attached hydrogen (secondary N) is 1. The van der Waals surface area contributed by atoms with Crippen LogP contribution in [0, 0.1) is 0 Å². The number of hydrogen-bond donors (Lipinski definition) is 3. The number of rotatable bonds is 5. The summed E-state index contributed by atoms with van der Waals surface area (Å²) >= 11 is -0.154. The Kier molecular flexibility index (Phi) is 4.65. The number of nitrogens with zero attached hydrogens (tertiary/aromatic N) is 1. The Morgan fingerprint density at radius 3 is 2.67 bits per heavy atom. The van der Waals surface area contributed by atoms with E-state index in [0.29, 0.717) is 0 Å². The van der Waals surface area contributed by atoms with Crippen LogP contribution in [-0.2, 0) is 0 Å². The highest BCUT2D eigenvalue weighted by atomic mass is 32.2. The van der Waals surface area contributed by atoms with Crippen LogP contribution in [0.3, 0.4) is 0 Å². The van der Waals surface area contributed by atoms with Crippen molar-refractivity contribution in [1.29, 1.82) is 0 Å². The van der Waals surface area contributed by atoms with Crippen molar-refractivity contribution in [2.24, 2.45) is 5.73 Å². The molecule has 0 saturated carbocycles. The van der Waals surface area contributed by atoms with Crippen LogP contribution in [0.15, 0.2) is 12.1 Å². The minimum atomic E-state index is -4.27. The lowest BCUT2D eigenvalue weighted by Gasteiger charge is -2.10. The van der Waals surface area contributed by atoms with Gasteiger partial charge in [0.05, 0.1) is 5.69 Å². The molecular weight excluding hydrogens is 269 g/mol. The number of hydrogen-bond acceptors (Lipinski definition) is 5. The molecule has 0 atom stereocenters. The van der Waals surface area contributed by atoms with Gasteiger partial charge in [0.2, 0.25) is 0 Å². The monoisotopic (exact) mass is 280 g/mol. The van der Waals surface area contributed by atoms with E-state index in [2.05, 4.69) is 10.3 Å². The predicted molar refractivity (Wildman–Crippen MR) is 64.2 cm³/mol. The highest BCUT2D eigenvalue weighted by molar-refractivity contribution is 8.00. The van der Waals surface area contributed by atoms with Crippen molar-refractivity contribution in [3.05, 3.63) is 17.8 Å². The molecule has 5 nitrogen and oxygen atoms in total. The Morgan fingerprint density at radius 2 is 2.11 bits per heavy atom. The van der Waals surface area contributed by atoms with Gasteiger partial charge in [-0.05, 0) is 23.9 Å². The summed E-state index contributed by atoms with van der Waals surface area (Å²) in [5, 5.41) is 2.62. The first-order valence-corrected chi connectivity index (χ1v) is 5.79. The van der Waals surface area contributed by atoms with Crippen molar-refractivity contribution in [3.8, 4) is 0 Å². The van der Waals surface area contributed by atoms with E-state index in [0.717, 1.165) is 0 Å². The summed E-state index contributed by atoms with van der Waals surface area (Å²) in [6.07, 6.45) is 0. The van der Waals surface area contributed by atoms with Gasteiger partial charge in [-0.3, -0.25) is 4.79 Å². The molecule has 1 amide bonds. The van der Waals surface area contributed by atoms with Gasteiger partial charge in [-0.1, -0.05) is 0 Å². The molecule has 0 aliphatic rings. The van der Waals surface area contributed by atoms with Crippen molar-refractivity contribution >= 4 is 29.2 Å². The molecule has 0 aromatic carbocycles. The summed E-state index contributed by atoms with van der Waals surface area (Å²) in [6, 6.07) is 2.75. The molecule has 0 bridgehead atoms. The zero-order valence-electron chi connectivity index (χ0n) is 9.12. The molecule has 1 rings (SSSR count). The Morgan fingerprint density at radius 1 is 1.44 bits per heavy atom. The van der Waals surface area contributed by atoms with Crippen LogP contribution in [0.2, 0.25) is 0 Å². The molecule has 0 aliphatic heterocycles. The van der Waals surface area contributed by atoms with Crippen LogP contribution < -0.4 is 16.8 Å². The maximum absolute atomic E-state index is 11.9. The quantitative estimate of drug-likeness (QED) is 0.709. The van der Waals surface area contributed by atoms with Crippen LogP contribution in [0.1, 0.15) is 10.5 Å². The second-order valence-electron chi connectivity index (χ2n) is 3.22. The van der Waals surface area contributed by atoms with Crippen LogP contribution in [-0.4, -0.2) is 28.7 Å². The fourth-order valence-corrected chi connectivity index (χ4v) is 1.52. The van der Waals surface area contributed by atoms with Gasteiger partial charge in [0, 0.05) is 12.3 Å². The fraction of sp³-hybridized carbons (Fsp3) is 0.333. The van der Waals surface area contributed by atoms with Gasteiger partial charge in [-0.15, -0.1) is 0 Å². The average molecular weight is 280 g/mol.